The van der Waals surface area contributed by atoms with Gasteiger partial charge in [0.15, 0.2) is 0 Å². The molecule has 0 spiro atoms. The number of hydrogen-bond acceptors (Lipinski definition) is 3. The lowest BCUT2D eigenvalue weighted by molar-refractivity contribution is -0.117. The zero-order valence-corrected chi connectivity index (χ0v) is 12.9. The Kier molecular flexibility index (Phi) is 4.85. The number of carbonyl (C=O) groups is 2. The van der Waals surface area contributed by atoms with E-state index < -0.39 is 5.97 Å². The number of carboxylic acids is 1. The summed E-state index contributed by atoms with van der Waals surface area (Å²) in [4.78, 5) is 25.2. The Bertz CT molecular complexity index is 562. The van der Waals surface area contributed by atoms with Crippen LogP contribution in [0.2, 0.25) is 5.02 Å². The Morgan fingerprint density at radius 1 is 1.43 bits per heavy atom. The van der Waals surface area contributed by atoms with Crippen molar-refractivity contribution in [2.45, 2.75) is 26.3 Å². The molecule has 2 unspecified atom stereocenters. The minimum absolute atomic E-state index is 0.0952. The highest BCUT2D eigenvalue weighted by Gasteiger charge is 2.27. The fraction of sp³-hybridized carbons (Fsp3) is 0.467. The van der Waals surface area contributed by atoms with Crippen molar-refractivity contribution in [2.24, 2.45) is 5.92 Å². The molecule has 0 bridgehead atoms. The van der Waals surface area contributed by atoms with Crippen LogP contribution < -0.4 is 5.32 Å². The van der Waals surface area contributed by atoms with E-state index >= 15 is 0 Å². The van der Waals surface area contributed by atoms with Gasteiger partial charge in [0.1, 0.15) is 0 Å². The van der Waals surface area contributed by atoms with Crippen LogP contribution in [0, 0.1) is 5.92 Å². The number of aromatic carboxylic acids is 1. The van der Waals surface area contributed by atoms with Crippen molar-refractivity contribution in [1.82, 2.24) is 4.90 Å². The highest BCUT2D eigenvalue weighted by Crippen LogP contribution is 2.24. The summed E-state index contributed by atoms with van der Waals surface area (Å²) in [5.74, 6) is -0.642. The topological polar surface area (TPSA) is 69.6 Å². The van der Waals surface area contributed by atoms with Gasteiger partial charge in [-0.2, -0.15) is 0 Å². The molecular formula is C15H19ClN2O3. The van der Waals surface area contributed by atoms with E-state index in [4.69, 9.17) is 16.7 Å². The molecule has 1 aromatic rings. The monoisotopic (exact) mass is 310 g/mol. The number of halogens is 1. The Morgan fingerprint density at radius 2 is 2.14 bits per heavy atom. The smallest absolute Gasteiger partial charge is 0.335 e. The van der Waals surface area contributed by atoms with E-state index in [9.17, 15) is 9.59 Å². The van der Waals surface area contributed by atoms with Crippen LogP contribution in [0.15, 0.2) is 18.2 Å². The van der Waals surface area contributed by atoms with Crippen molar-refractivity contribution in [3.05, 3.63) is 28.8 Å². The zero-order valence-electron chi connectivity index (χ0n) is 12.1. The number of nitrogens with zero attached hydrogens (tertiary/aromatic N) is 1. The molecule has 21 heavy (non-hydrogen) atoms. The second-order valence-electron chi connectivity index (χ2n) is 5.67. The lowest BCUT2D eigenvalue weighted by atomic mass is 10.1. The second kappa shape index (κ2) is 6.45. The van der Waals surface area contributed by atoms with Gasteiger partial charge in [-0.3, -0.25) is 9.69 Å². The third-order valence-corrected chi connectivity index (χ3v) is 4.08. The molecule has 1 aliphatic rings. The average molecular weight is 311 g/mol. The summed E-state index contributed by atoms with van der Waals surface area (Å²) in [6.07, 6.45) is 1.09. The molecule has 114 valence electrons. The van der Waals surface area contributed by atoms with Gasteiger partial charge in [0.2, 0.25) is 5.91 Å². The van der Waals surface area contributed by atoms with E-state index in [2.05, 4.69) is 24.1 Å². The second-order valence-corrected chi connectivity index (χ2v) is 6.07. The van der Waals surface area contributed by atoms with E-state index in [-0.39, 0.29) is 11.5 Å². The van der Waals surface area contributed by atoms with E-state index in [1.807, 2.05) is 0 Å². The van der Waals surface area contributed by atoms with Gasteiger partial charge in [-0.1, -0.05) is 18.5 Å². The van der Waals surface area contributed by atoms with Gasteiger partial charge in [-0.15, -0.1) is 0 Å². The largest absolute Gasteiger partial charge is 0.478 e. The molecule has 0 saturated carbocycles. The van der Waals surface area contributed by atoms with Gasteiger partial charge >= 0.3 is 5.97 Å². The molecule has 1 fully saturated rings. The number of anilines is 1. The van der Waals surface area contributed by atoms with E-state index in [1.54, 1.807) is 0 Å². The van der Waals surface area contributed by atoms with Crippen LogP contribution in [0.1, 0.15) is 30.6 Å². The van der Waals surface area contributed by atoms with E-state index in [0.717, 1.165) is 13.0 Å². The molecule has 2 atom stereocenters. The summed E-state index contributed by atoms with van der Waals surface area (Å²) in [5.41, 5.74) is 0.430. The summed E-state index contributed by atoms with van der Waals surface area (Å²) >= 11 is 5.99. The normalized spacial score (nSPS) is 22.2. The van der Waals surface area contributed by atoms with Crippen LogP contribution in [0.4, 0.5) is 5.69 Å². The molecule has 1 aromatic carbocycles. The minimum atomic E-state index is -1.05. The Labute approximate surface area is 128 Å². The number of carboxylic acid groups (broad SMARTS) is 1. The Morgan fingerprint density at radius 3 is 2.71 bits per heavy atom. The van der Waals surface area contributed by atoms with Gasteiger partial charge < -0.3 is 10.4 Å². The summed E-state index contributed by atoms with van der Waals surface area (Å²) in [7, 11) is 0. The molecule has 1 saturated heterocycles. The van der Waals surface area contributed by atoms with Crippen molar-refractivity contribution in [1.29, 1.82) is 0 Å². The summed E-state index contributed by atoms with van der Waals surface area (Å²) in [6, 6.07) is 4.64. The van der Waals surface area contributed by atoms with Gasteiger partial charge in [0, 0.05) is 12.6 Å². The van der Waals surface area contributed by atoms with Crippen molar-refractivity contribution < 1.29 is 14.7 Å². The first-order valence-electron chi connectivity index (χ1n) is 6.93. The quantitative estimate of drug-likeness (QED) is 0.897. The van der Waals surface area contributed by atoms with Crippen molar-refractivity contribution in [3.8, 4) is 0 Å². The first-order chi connectivity index (χ1) is 9.86. The van der Waals surface area contributed by atoms with Crippen LogP contribution in [0.3, 0.4) is 0 Å². The lowest BCUT2D eigenvalue weighted by Crippen LogP contribution is -2.35. The molecule has 2 N–H and O–H groups in total. The highest BCUT2D eigenvalue weighted by molar-refractivity contribution is 6.33. The van der Waals surface area contributed by atoms with E-state index in [0.29, 0.717) is 29.2 Å². The van der Waals surface area contributed by atoms with Crippen LogP contribution in [0.25, 0.3) is 0 Å². The van der Waals surface area contributed by atoms with E-state index in [1.165, 1.54) is 18.2 Å². The highest BCUT2D eigenvalue weighted by atomic mass is 35.5. The first-order valence-corrected chi connectivity index (χ1v) is 7.31. The molecule has 0 radical (unpaired) electrons. The third kappa shape index (κ3) is 3.95. The summed E-state index contributed by atoms with van der Waals surface area (Å²) in [5, 5.41) is 12.0. The van der Waals surface area contributed by atoms with Gasteiger partial charge in [0.05, 0.1) is 22.8 Å². The number of rotatable bonds is 4. The SMILES string of the molecule is CC1CC(C)N(CC(=O)Nc2cc(C(=O)O)ccc2Cl)C1. The Hall–Kier alpha value is -1.59. The fourth-order valence-electron chi connectivity index (χ4n) is 2.73. The third-order valence-electron chi connectivity index (χ3n) is 3.75. The van der Waals surface area contributed by atoms with Crippen LogP contribution >= 0.6 is 11.6 Å². The summed E-state index contributed by atoms with van der Waals surface area (Å²) in [6.45, 7) is 5.47. The van der Waals surface area contributed by atoms with Gasteiger partial charge in [0.25, 0.3) is 0 Å². The average Bonchev–Trinajstić information content (AvgIpc) is 2.70. The van der Waals surface area contributed by atoms with Gasteiger partial charge in [-0.05, 0) is 37.5 Å². The summed E-state index contributed by atoms with van der Waals surface area (Å²) < 4.78 is 0. The predicted octanol–water partition coefficient (Wildman–Crippen LogP) is 2.71. The first kappa shape index (κ1) is 15.8. The molecule has 1 heterocycles. The Balaban J connectivity index is 2.02. The zero-order chi connectivity index (χ0) is 15.6. The van der Waals surface area contributed by atoms with Crippen LogP contribution in [-0.2, 0) is 4.79 Å². The molecule has 6 heteroatoms. The number of carbonyl (C=O) groups excluding carboxylic acids is 1. The standard InChI is InChI=1S/C15H19ClN2O3/c1-9-5-10(2)18(7-9)8-14(19)17-13-6-11(15(20)21)3-4-12(13)16/h3-4,6,9-10H,5,7-8H2,1-2H3,(H,17,19)(H,20,21). The number of benzene rings is 1. The van der Waals surface area contributed by atoms with Crippen molar-refractivity contribution >= 4 is 29.2 Å². The molecule has 5 nitrogen and oxygen atoms in total. The van der Waals surface area contributed by atoms with Crippen LogP contribution in [-0.4, -0.2) is 41.0 Å². The number of nitrogens with one attached hydrogen (secondary N) is 1. The molecule has 0 aromatic heterocycles. The molecule has 1 aliphatic heterocycles. The number of amides is 1. The molecule has 0 aliphatic carbocycles. The van der Waals surface area contributed by atoms with Crippen molar-refractivity contribution in [3.63, 3.8) is 0 Å². The maximum atomic E-state index is 12.1. The minimum Gasteiger partial charge on any atom is -0.478 e. The van der Waals surface area contributed by atoms with Crippen LogP contribution in [0.5, 0.6) is 0 Å². The fourth-order valence-corrected chi connectivity index (χ4v) is 2.90. The predicted molar refractivity (Wildman–Crippen MR) is 81.9 cm³/mol. The number of hydrogen-bond donors (Lipinski definition) is 2. The lowest BCUT2D eigenvalue weighted by Gasteiger charge is -2.20. The maximum absolute atomic E-state index is 12.1. The molecule has 1 amide bonds. The molecule has 2 rings (SSSR count). The van der Waals surface area contributed by atoms with Crippen molar-refractivity contribution in [2.75, 3.05) is 18.4 Å². The maximum Gasteiger partial charge on any atom is 0.335 e. The number of likely N-dealkylation sites (tertiary alicyclic amines) is 1. The van der Waals surface area contributed by atoms with Gasteiger partial charge in [-0.25, -0.2) is 4.79 Å². The molecular weight excluding hydrogens is 292 g/mol.